The van der Waals surface area contributed by atoms with E-state index >= 15 is 0 Å². The molecule has 0 radical (unpaired) electrons. The van der Waals surface area contributed by atoms with E-state index < -0.39 is 33.8 Å². The first-order valence-corrected chi connectivity index (χ1v) is 24.5. The van der Waals surface area contributed by atoms with Crippen LogP contribution in [0.15, 0.2) is 12.2 Å². The van der Waals surface area contributed by atoms with Crippen molar-refractivity contribution in [3.05, 3.63) is 12.2 Å². The Morgan fingerprint density at radius 3 is 1.50 bits per heavy atom. The molecular formula is C24H52O8Si4. The number of rotatable bonds is 20. The molecule has 212 valence electrons. The Kier molecular flexibility index (Phi) is 16.1. The molecule has 0 spiro atoms. The molecule has 0 saturated carbocycles. The van der Waals surface area contributed by atoms with Crippen LogP contribution in [-0.4, -0.2) is 73.1 Å². The molecule has 0 N–H and O–H groups in total. The van der Waals surface area contributed by atoms with Crippen LogP contribution in [0.2, 0.25) is 64.0 Å². The van der Waals surface area contributed by atoms with Crippen LogP contribution in [0, 0.1) is 0 Å². The van der Waals surface area contributed by atoms with E-state index in [9.17, 15) is 9.59 Å². The summed E-state index contributed by atoms with van der Waals surface area (Å²) in [6.45, 7) is 22.1. The Morgan fingerprint density at radius 1 is 0.694 bits per heavy atom. The SMILES string of the molecule is C=C(C)COCCC[Si](O[Si](C)(C)C)(O[Si](C)(C)CCCC(=O)OC)O[Si](C)(C)CCCC(=O)OC. The van der Waals surface area contributed by atoms with Crippen molar-refractivity contribution in [3.63, 3.8) is 0 Å². The van der Waals surface area contributed by atoms with Gasteiger partial charge in [-0.05, 0) is 84.1 Å². The molecule has 12 heteroatoms. The van der Waals surface area contributed by atoms with Crippen molar-refractivity contribution in [2.75, 3.05) is 27.4 Å². The smallest absolute Gasteiger partial charge is 0.469 e. The van der Waals surface area contributed by atoms with Crippen LogP contribution in [0.25, 0.3) is 0 Å². The Hall–Kier alpha value is -0.612. The normalized spacial score (nSPS) is 12.9. The van der Waals surface area contributed by atoms with Crippen LogP contribution in [0.4, 0.5) is 0 Å². The fourth-order valence-corrected chi connectivity index (χ4v) is 20.6. The lowest BCUT2D eigenvalue weighted by atomic mass is 10.3. The monoisotopic (exact) mass is 580 g/mol. The van der Waals surface area contributed by atoms with Gasteiger partial charge in [0.05, 0.1) is 20.8 Å². The summed E-state index contributed by atoms with van der Waals surface area (Å²) in [5.74, 6) is -0.404. The molecule has 0 saturated heterocycles. The van der Waals surface area contributed by atoms with Gasteiger partial charge in [0, 0.05) is 25.5 Å². The fourth-order valence-electron chi connectivity index (χ4n) is 3.78. The summed E-state index contributed by atoms with van der Waals surface area (Å²) < 4.78 is 36.3. The predicted octanol–water partition coefficient (Wildman–Crippen LogP) is 6.11. The lowest BCUT2D eigenvalue weighted by molar-refractivity contribution is -0.141. The third-order valence-corrected chi connectivity index (χ3v) is 19.9. The third kappa shape index (κ3) is 17.8. The topological polar surface area (TPSA) is 89.5 Å². The maximum Gasteiger partial charge on any atom is 0.469 e. The van der Waals surface area contributed by atoms with Gasteiger partial charge in [-0.3, -0.25) is 9.59 Å². The number of methoxy groups -OCH3 is 2. The Morgan fingerprint density at radius 2 is 1.14 bits per heavy atom. The maximum absolute atomic E-state index is 11.6. The summed E-state index contributed by atoms with van der Waals surface area (Å²) in [7, 11) is -6.79. The average Bonchev–Trinajstić information content (AvgIpc) is 2.70. The largest absolute Gasteiger partial charge is 0.469 e. The van der Waals surface area contributed by atoms with E-state index in [1.54, 1.807) is 0 Å². The molecule has 0 aromatic heterocycles. The summed E-state index contributed by atoms with van der Waals surface area (Å²) >= 11 is 0. The third-order valence-electron chi connectivity index (χ3n) is 5.22. The van der Waals surface area contributed by atoms with E-state index in [1.807, 2.05) is 6.92 Å². The molecule has 8 nitrogen and oxygen atoms in total. The van der Waals surface area contributed by atoms with E-state index in [-0.39, 0.29) is 11.9 Å². The predicted molar refractivity (Wildman–Crippen MR) is 154 cm³/mol. The van der Waals surface area contributed by atoms with E-state index in [1.165, 1.54) is 14.2 Å². The minimum Gasteiger partial charge on any atom is -0.469 e. The minimum absolute atomic E-state index is 0.202. The molecule has 0 unspecified atom stereocenters. The van der Waals surface area contributed by atoms with Crippen LogP contribution < -0.4 is 0 Å². The van der Waals surface area contributed by atoms with Crippen LogP contribution >= 0.6 is 0 Å². The Labute approximate surface area is 224 Å². The van der Waals surface area contributed by atoms with Gasteiger partial charge < -0.3 is 26.6 Å². The summed E-state index contributed by atoms with van der Waals surface area (Å²) in [6.07, 6.45) is 2.95. The van der Waals surface area contributed by atoms with Crippen molar-refractivity contribution in [3.8, 4) is 0 Å². The number of carbonyl (C=O) groups is 2. The Bertz CT molecular complexity index is 656. The highest BCUT2D eigenvalue weighted by Gasteiger charge is 2.51. The van der Waals surface area contributed by atoms with E-state index in [2.05, 4.69) is 52.4 Å². The van der Waals surface area contributed by atoms with Crippen molar-refractivity contribution in [1.29, 1.82) is 0 Å². The van der Waals surface area contributed by atoms with Crippen molar-refractivity contribution in [2.45, 2.75) is 103 Å². The van der Waals surface area contributed by atoms with Crippen LogP contribution in [0.3, 0.4) is 0 Å². The molecule has 0 aromatic carbocycles. The van der Waals surface area contributed by atoms with E-state index in [4.69, 9.17) is 26.6 Å². The minimum atomic E-state index is -3.10. The van der Waals surface area contributed by atoms with E-state index in [0.29, 0.717) is 44.9 Å². The first-order chi connectivity index (χ1) is 16.4. The van der Waals surface area contributed by atoms with Crippen molar-refractivity contribution < 1.29 is 36.1 Å². The molecule has 0 fully saturated rings. The zero-order valence-corrected chi connectivity index (χ0v) is 28.5. The quantitative estimate of drug-likeness (QED) is 0.0737. The molecule has 0 aliphatic rings. The lowest BCUT2D eigenvalue weighted by Crippen LogP contribution is -2.61. The number of esters is 2. The van der Waals surface area contributed by atoms with Crippen molar-refractivity contribution >= 4 is 45.7 Å². The molecule has 0 bridgehead atoms. The second-order valence-electron chi connectivity index (χ2n) is 11.6. The molecule has 0 aromatic rings. The standard InChI is InChI=1S/C24H52O8Si4/c1-22(2)21-29-17-14-20-36(30-33(5,6)7,31-34(8,9)18-12-15-23(25)27-3)32-35(10,11)19-13-16-24(26)28-4/h1,12-21H2,2-11H3. The van der Waals surface area contributed by atoms with Crippen LogP contribution in [0.5, 0.6) is 0 Å². The molecule has 36 heavy (non-hydrogen) atoms. The van der Waals surface area contributed by atoms with E-state index in [0.717, 1.165) is 24.1 Å². The second kappa shape index (κ2) is 16.4. The van der Waals surface area contributed by atoms with Gasteiger partial charge in [-0.25, -0.2) is 0 Å². The highest BCUT2D eigenvalue weighted by Crippen LogP contribution is 2.33. The zero-order chi connectivity index (χ0) is 28.0. The first kappa shape index (κ1) is 35.4. The first-order valence-electron chi connectivity index (χ1n) is 12.9. The van der Waals surface area contributed by atoms with Gasteiger partial charge in [-0.2, -0.15) is 0 Å². The van der Waals surface area contributed by atoms with Gasteiger partial charge in [0.15, 0.2) is 25.0 Å². The lowest BCUT2D eigenvalue weighted by Gasteiger charge is -2.44. The molecule has 0 aliphatic heterocycles. The van der Waals surface area contributed by atoms with Crippen LogP contribution in [0.1, 0.15) is 39.0 Å². The van der Waals surface area contributed by atoms with Gasteiger partial charge in [-0.15, -0.1) is 0 Å². The van der Waals surface area contributed by atoms with Gasteiger partial charge in [-0.1, -0.05) is 12.2 Å². The van der Waals surface area contributed by atoms with Crippen LogP contribution in [-0.2, 0) is 36.1 Å². The van der Waals surface area contributed by atoms with Gasteiger partial charge >= 0.3 is 20.7 Å². The number of ether oxygens (including phenoxy) is 3. The average molecular weight is 581 g/mol. The van der Waals surface area contributed by atoms with Crippen molar-refractivity contribution in [2.24, 2.45) is 0 Å². The fraction of sp³-hybridized carbons (Fsp3) is 0.833. The number of carbonyl (C=O) groups excluding carboxylic acids is 2. The highest BCUT2D eigenvalue weighted by atomic mass is 28.5. The maximum atomic E-state index is 11.6. The van der Waals surface area contributed by atoms with Gasteiger partial charge in [0.1, 0.15) is 0 Å². The molecule has 0 aliphatic carbocycles. The molecule has 0 heterocycles. The van der Waals surface area contributed by atoms with Gasteiger partial charge in [0.2, 0.25) is 0 Å². The highest BCUT2D eigenvalue weighted by molar-refractivity contribution is 6.90. The Balaban J connectivity index is 5.79. The second-order valence-corrected chi connectivity index (χ2v) is 28.2. The summed E-state index contributed by atoms with van der Waals surface area (Å²) in [5, 5.41) is 0. The number of hydrogen-bond donors (Lipinski definition) is 0. The summed E-state index contributed by atoms with van der Waals surface area (Å²) in [4.78, 5) is 23.3. The summed E-state index contributed by atoms with van der Waals surface area (Å²) in [5.41, 5.74) is 0.989. The molecule has 0 atom stereocenters. The molecule has 0 amide bonds. The van der Waals surface area contributed by atoms with Crippen molar-refractivity contribution in [1.82, 2.24) is 0 Å². The zero-order valence-electron chi connectivity index (χ0n) is 24.5. The molecule has 0 rings (SSSR count). The van der Waals surface area contributed by atoms with Gasteiger partial charge in [0.25, 0.3) is 0 Å². The molecular weight excluding hydrogens is 529 g/mol. The number of hydrogen-bond acceptors (Lipinski definition) is 8. The summed E-state index contributed by atoms with van der Waals surface area (Å²) in [6, 6.07) is 2.30.